The zero-order valence-electron chi connectivity index (χ0n) is 11.2. The first-order valence-corrected chi connectivity index (χ1v) is 7.61. The topological polar surface area (TPSA) is 57.8 Å². The molecule has 0 radical (unpaired) electrons. The lowest BCUT2D eigenvalue weighted by Crippen LogP contribution is -2.19. The molecular formula is C15H13N3O2S. The van der Waals surface area contributed by atoms with Crippen molar-refractivity contribution in [1.29, 1.82) is 0 Å². The van der Waals surface area contributed by atoms with E-state index >= 15 is 0 Å². The summed E-state index contributed by atoms with van der Waals surface area (Å²) in [7, 11) is 0. The first-order chi connectivity index (χ1) is 10.2. The van der Waals surface area contributed by atoms with Crippen LogP contribution in [0.1, 0.15) is 21.6 Å². The van der Waals surface area contributed by atoms with Crippen LogP contribution in [0.15, 0.2) is 36.0 Å². The van der Waals surface area contributed by atoms with E-state index in [4.69, 9.17) is 5.11 Å². The maximum absolute atomic E-state index is 11.0. The molecule has 0 saturated heterocycles. The number of anilines is 1. The number of carbonyl (C=O) groups is 1. The van der Waals surface area contributed by atoms with Gasteiger partial charge in [0.05, 0.1) is 17.8 Å². The van der Waals surface area contributed by atoms with E-state index in [1.165, 1.54) is 0 Å². The summed E-state index contributed by atoms with van der Waals surface area (Å²) in [5.74, 6) is -0.870. The second-order valence-electron chi connectivity index (χ2n) is 5.15. The van der Waals surface area contributed by atoms with Gasteiger partial charge in [-0.2, -0.15) is 0 Å². The van der Waals surface area contributed by atoms with Crippen LogP contribution in [0.5, 0.6) is 0 Å². The molecule has 3 aromatic rings. The van der Waals surface area contributed by atoms with Gasteiger partial charge in [0.1, 0.15) is 0 Å². The van der Waals surface area contributed by atoms with Gasteiger partial charge in [-0.1, -0.05) is 0 Å². The fourth-order valence-corrected chi connectivity index (χ4v) is 3.53. The van der Waals surface area contributed by atoms with Gasteiger partial charge in [-0.3, -0.25) is 4.40 Å². The molecule has 0 bridgehead atoms. The molecule has 21 heavy (non-hydrogen) atoms. The summed E-state index contributed by atoms with van der Waals surface area (Å²) in [5, 5.41) is 11.1. The van der Waals surface area contributed by atoms with E-state index in [-0.39, 0.29) is 0 Å². The molecule has 0 amide bonds. The van der Waals surface area contributed by atoms with Crippen molar-refractivity contribution in [3.05, 3.63) is 52.8 Å². The Labute approximate surface area is 125 Å². The van der Waals surface area contributed by atoms with Gasteiger partial charge in [0, 0.05) is 30.0 Å². The van der Waals surface area contributed by atoms with Gasteiger partial charge in [-0.05, 0) is 30.2 Å². The van der Waals surface area contributed by atoms with Crippen molar-refractivity contribution < 1.29 is 9.90 Å². The van der Waals surface area contributed by atoms with Gasteiger partial charge in [0.15, 0.2) is 4.96 Å². The van der Waals surface area contributed by atoms with E-state index in [2.05, 4.69) is 16.1 Å². The Hall–Kier alpha value is -2.34. The van der Waals surface area contributed by atoms with E-state index in [1.54, 1.807) is 23.5 Å². The molecule has 106 valence electrons. The number of rotatable bonds is 3. The lowest BCUT2D eigenvalue weighted by atomic mass is 10.1. The van der Waals surface area contributed by atoms with Crippen LogP contribution in [-0.2, 0) is 13.0 Å². The van der Waals surface area contributed by atoms with Crippen molar-refractivity contribution in [1.82, 2.24) is 9.38 Å². The number of thiazole rings is 1. The minimum absolute atomic E-state index is 0.359. The normalized spacial score (nSPS) is 13.8. The van der Waals surface area contributed by atoms with Crippen molar-refractivity contribution >= 4 is 28.0 Å². The fraction of sp³-hybridized carbons (Fsp3) is 0.200. The van der Waals surface area contributed by atoms with E-state index in [1.807, 2.05) is 22.0 Å². The maximum atomic E-state index is 11.0. The van der Waals surface area contributed by atoms with Crippen LogP contribution in [0.2, 0.25) is 0 Å². The zero-order valence-corrected chi connectivity index (χ0v) is 12.0. The first-order valence-electron chi connectivity index (χ1n) is 6.73. The van der Waals surface area contributed by atoms with Crippen LogP contribution in [-0.4, -0.2) is 27.0 Å². The third-order valence-electron chi connectivity index (χ3n) is 3.81. The molecule has 6 heteroatoms. The summed E-state index contributed by atoms with van der Waals surface area (Å²) in [6.07, 6.45) is 4.95. The predicted octanol–water partition coefficient (Wildman–Crippen LogP) is 2.66. The number of benzene rings is 1. The fourth-order valence-electron chi connectivity index (χ4n) is 2.82. The highest BCUT2D eigenvalue weighted by Crippen LogP contribution is 2.30. The Bertz CT molecular complexity index is 808. The Morgan fingerprint density at radius 2 is 2.33 bits per heavy atom. The highest BCUT2D eigenvalue weighted by molar-refractivity contribution is 7.15. The van der Waals surface area contributed by atoms with Crippen molar-refractivity contribution in [2.75, 3.05) is 11.4 Å². The van der Waals surface area contributed by atoms with Crippen LogP contribution < -0.4 is 4.90 Å². The molecule has 0 spiro atoms. The van der Waals surface area contributed by atoms with Crippen molar-refractivity contribution in [3.63, 3.8) is 0 Å². The quantitative estimate of drug-likeness (QED) is 0.808. The molecule has 0 saturated carbocycles. The standard InChI is InChI=1S/C15H13N3O2S/c19-14(20)11-1-2-13-10(7-11)3-4-17(13)8-12-9-18-5-6-21-15(18)16-12/h1-2,5-7,9H,3-4,8H2,(H,19,20). The molecule has 0 aliphatic carbocycles. The van der Waals surface area contributed by atoms with E-state index < -0.39 is 5.97 Å². The molecule has 0 atom stereocenters. The van der Waals surface area contributed by atoms with E-state index in [0.29, 0.717) is 5.56 Å². The highest BCUT2D eigenvalue weighted by atomic mass is 32.1. The molecular weight excluding hydrogens is 286 g/mol. The Morgan fingerprint density at radius 1 is 1.43 bits per heavy atom. The van der Waals surface area contributed by atoms with Crippen molar-refractivity contribution in [2.24, 2.45) is 0 Å². The van der Waals surface area contributed by atoms with Gasteiger partial charge in [0.25, 0.3) is 0 Å². The lowest BCUT2D eigenvalue weighted by Gasteiger charge is -2.18. The number of carboxylic acid groups (broad SMARTS) is 1. The first kappa shape index (κ1) is 12.4. The number of aromatic nitrogens is 2. The van der Waals surface area contributed by atoms with Gasteiger partial charge < -0.3 is 10.0 Å². The average molecular weight is 299 g/mol. The SMILES string of the molecule is O=C(O)c1ccc2c(c1)CCN2Cc1cn2ccsc2n1. The summed E-state index contributed by atoms with van der Waals surface area (Å²) in [5.41, 5.74) is 3.63. The van der Waals surface area contributed by atoms with Crippen LogP contribution in [0.3, 0.4) is 0 Å². The Morgan fingerprint density at radius 3 is 3.14 bits per heavy atom. The molecule has 1 aromatic carbocycles. The number of hydrogen-bond donors (Lipinski definition) is 1. The number of imidazole rings is 1. The van der Waals surface area contributed by atoms with Gasteiger partial charge in [-0.25, -0.2) is 9.78 Å². The largest absolute Gasteiger partial charge is 0.478 e. The number of fused-ring (bicyclic) bond motifs is 2. The second-order valence-corrected chi connectivity index (χ2v) is 6.02. The summed E-state index contributed by atoms with van der Waals surface area (Å²) < 4.78 is 2.03. The summed E-state index contributed by atoms with van der Waals surface area (Å²) in [6, 6.07) is 5.36. The monoisotopic (exact) mass is 299 g/mol. The smallest absolute Gasteiger partial charge is 0.335 e. The molecule has 2 aromatic heterocycles. The minimum atomic E-state index is -0.870. The summed E-state index contributed by atoms with van der Waals surface area (Å²) in [6.45, 7) is 1.66. The molecule has 4 rings (SSSR count). The Kier molecular flexibility index (Phi) is 2.71. The number of aromatic carboxylic acids is 1. The average Bonchev–Trinajstić information content (AvgIpc) is 3.13. The number of hydrogen-bond acceptors (Lipinski definition) is 4. The number of nitrogens with zero attached hydrogens (tertiary/aromatic N) is 3. The lowest BCUT2D eigenvalue weighted by molar-refractivity contribution is 0.0697. The maximum Gasteiger partial charge on any atom is 0.335 e. The Balaban J connectivity index is 1.61. The molecule has 1 N–H and O–H groups in total. The van der Waals surface area contributed by atoms with Crippen molar-refractivity contribution in [3.8, 4) is 0 Å². The van der Waals surface area contributed by atoms with Crippen LogP contribution in [0.25, 0.3) is 4.96 Å². The minimum Gasteiger partial charge on any atom is -0.478 e. The molecule has 1 aliphatic rings. The highest BCUT2D eigenvalue weighted by Gasteiger charge is 2.21. The molecule has 3 heterocycles. The van der Waals surface area contributed by atoms with Gasteiger partial charge in [0.2, 0.25) is 0 Å². The van der Waals surface area contributed by atoms with Gasteiger partial charge >= 0.3 is 5.97 Å². The second kappa shape index (κ2) is 4.60. The third kappa shape index (κ3) is 2.08. The summed E-state index contributed by atoms with van der Waals surface area (Å²) in [4.78, 5) is 18.9. The van der Waals surface area contributed by atoms with Crippen LogP contribution >= 0.6 is 11.3 Å². The van der Waals surface area contributed by atoms with E-state index in [0.717, 1.165) is 41.4 Å². The molecule has 5 nitrogen and oxygen atoms in total. The number of carboxylic acids is 1. The summed E-state index contributed by atoms with van der Waals surface area (Å²) >= 11 is 1.62. The van der Waals surface area contributed by atoms with Gasteiger partial charge in [-0.15, -0.1) is 11.3 Å². The van der Waals surface area contributed by atoms with E-state index in [9.17, 15) is 4.79 Å². The molecule has 0 fully saturated rings. The van der Waals surface area contributed by atoms with Crippen LogP contribution in [0.4, 0.5) is 5.69 Å². The van der Waals surface area contributed by atoms with Crippen LogP contribution in [0, 0.1) is 0 Å². The third-order valence-corrected chi connectivity index (χ3v) is 4.58. The predicted molar refractivity (Wildman–Crippen MR) is 81.2 cm³/mol. The molecule has 1 aliphatic heterocycles. The molecule has 0 unspecified atom stereocenters. The zero-order chi connectivity index (χ0) is 14.4. The van der Waals surface area contributed by atoms with Crippen molar-refractivity contribution in [2.45, 2.75) is 13.0 Å².